The second kappa shape index (κ2) is 7.22. The average Bonchev–Trinajstić information content (AvgIpc) is 2.52. The fourth-order valence-electron chi connectivity index (χ4n) is 2.50. The molecule has 0 unspecified atom stereocenters. The third-order valence-corrected chi connectivity index (χ3v) is 3.96. The molecule has 1 aromatic carbocycles. The highest BCUT2D eigenvalue weighted by Crippen LogP contribution is 2.06. The van der Waals surface area contributed by atoms with Crippen molar-refractivity contribution in [3.05, 3.63) is 35.4 Å². The highest BCUT2D eigenvalue weighted by atomic mass is 16.2. The molecule has 1 aliphatic heterocycles. The van der Waals surface area contributed by atoms with Crippen LogP contribution in [0.1, 0.15) is 22.8 Å². The lowest BCUT2D eigenvalue weighted by Crippen LogP contribution is -2.51. The number of nitrogens with zero attached hydrogens (tertiary/aromatic N) is 2. The van der Waals surface area contributed by atoms with E-state index in [9.17, 15) is 9.59 Å². The van der Waals surface area contributed by atoms with Gasteiger partial charge in [-0.3, -0.25) is 9.59 Å². The van der Waals surface area contributed by atoms with Crippen molar-refractivity contribution in [2.75, 3.05) is 39.3 Å². The number of amides is 2. The average molecular weight is 289 g/mol. The lowest BCUT2D eigenvalue weighted by atomic mass is 10.1. The molecule has 0 saturated carbocycles. The largest absolute Gasteiger partial charge is 0.343 e. The van der Waals surface area contributed by atoms with Crippen molar-refractivity contribution >= 4 is 11.8 Å². The molecule has 1 N–H and O–H groups in total. The first-order valence-corrected chi connectivity index (χ1v) is 7.45. The number of rotatable bonds is 4. The minimum Gasteiger partial charge on any atom is -0.343 e. The molecule has 0 bridgehead atoms. The van der Waals surface area contributed by atoms with Crippen LogP contribution in [-0.2, 0) is 4.79 Å². The number of aryl methyl sites for hydroxylation is 1. The molecular formula is C16H23N3O2. The molecule has 1 heterocycles. The van der Waals surface area contributed by atoms with E-state index < -0.39 is 0 Å². The smallest absolute Gasteiger partial charge is 0.251 e. The molecule has 1 fully saturated rings. The minimum absolute atomic E-state index is 0.00677. The maximum Gasteiger partial charge on any atom is 0.251 e. The van der Waals surface area contributed by atoms with Gasteiger partial charge in [0.2, 0.25) is 5.91 Å². The summed E-state index contributed by atoms with van der Waals surface area (Å²) in [5.74, 6) is -0.193. The molecule has 5 heteroatoms. The molecule has 5 nitrogen and oxygen atoms in total. The molecule has 2 rings (SSSR count). The van der Waals surface area contributed by atoms with Crippen LogP contribution in [-0.4, -0.2) is 60.9 Å². The van der Waals surface area contributed by atoms with E-state index in [1.165, 1.54) is 0 Å². The number of nitrogens with one attached hydrogen (secondary N) is 1. The SMILES string of the molecule is CCN1CCN(C(=O)CNC(=O)c2ccccc2C)CC1. The summed E-state index contributed by atoms with van der Waals surface area (Å²) in [5, 5.41) is 2.72. The Kier molecular flexibility index (Phi) is 5.33. The molecule has 0 atom stereocenters. The highest BCUT2D eigenvalue weighted by Gasteiger charge is 2.20. The van der Waals surface area contributed by atoms with E-state index >= 15 is 0 Å². The van der Waals surface area contributed by atoms with E-state index in [0.29, 0.717) is 5.56 Å². The predicted molar refractivity (Wildman–Crippen MR) is 82.2 cm³/mol. The number of hydrogen-bond donors (Lipinski definition) is 1. The first-order valence-electron chi connectivity index (χ1n) is 7.45. The van der Waals surface area contributed by atoms with Crippen molar-refractivity contribution in [2.45, 2.75) is 13.8 Å². The van der Waals surface area contributed by atoms with Crippen LogP contribution in [0.3, 0.4) is 0 Å². The van der Waals surface area contributed by atoms with Gasteiger partial charge >= 0.3 is 0 Å². The van der Waals surface area contributed by atoms with Gasteiger partial charge in [0.25, 0.3) is 5.91 Å². The molecule has 114 valence electrons. The molecule has 0 aromatic heterocycles. The predicted octanol–water partition coefficient (Wildman–Crippen LogP) is 0.889. The number of benzene rings is 1. The van der Waals surface area contributed by atoms with Gasteiger partial charge in [-0.25, -0.2) is 0 Å². The van der Waals surface area contributed by atoms with E-state index in [2.05, 4.69) is 17.1 Å². The lowest BCUT2D eigenvalue weighted by Gasteiger charge is -2.34. The summed E-state index contributed by atoms with van der Waals surface area (Å²) in [6, 6.07) is 7.38. The van der Waals surface area contributed by atoms with Gasteiger partial charge in [0.15, 0.2) is 0 Å². The first kappa shape index (κ1) is 15.5. The maximum atomic E-state index is 12.1. The number of carbonyl (C=O) groups is 2. The van der Waals surface area contributed by atoms with Gasteiger partial charge in [-0.1, -0.05) is 25.1 Å². The summed E-state index contributed by atoms with van der Waals surface area (Å²) < 4.78 is 0. The van der Waals surface area contributed by atoms with Gasteiger partial charge in [0, 0.05) is 31.7 Å². The van der Waals surface area contributed by atoms with E-state index in [1.54, 1.807) is 6.07 Å². The van der Waals surface area contributed by atoms with E-state index in [0.717, 1.165) is 38.3 Å². The summed E-state index contributed by atoms with van der Waals surface area (Å²) in [4.78, 5) is 28.3. The summed E-state index contributed by atoms with van der Waals surface area (Å²) in [6.45, 7) is 8.41. The van der Waals surface area contributed by atoms with Crippen LogP contribution in [0.4, 0.5) is 0 Å². The fourth-order valence-corrected chi connectivity index (χ4v) is 2.50. The Labute approximate surface area is 125 Å². The van der Waals surface area contributed by atoms with Gasteiger partial charge < -0.3 is 15.1 Å². The molecule has 1 aromatic rings. The normalized spacial score (nSPS) is 15.8. The zero-order valence-electron chi connectivity index (χ0n) is 12.8. The molecule has 0 aliphatic carbocycles. The Morgan fingerprint density at radius 1 is 1.14 bits per heavy atom. The van der Waals surface area contributed by atoms with E-state index in [-0.39, 0.29) is 18.4 Å². The Hall–Kier alpha value is -1.88. The monoisotopic (exact) mass is 289 g/mol. The second-order valence-electron chi connectivity index (χ2n) is 5.31. The molecule has 1 saturated heterocycles. The van der Waals surface area contributed by atoms with Crippen LogP contribution in [0, 0.1) is 6.92 Å². The highest BCUT2D eigenvalue weighted by molar-refractivity contribution is 5.97. The number of carbonyl (C=O) groups excluding carboxylic acids is 2. The van der Waals surface area contributed by atoms with Crippen LogP contribution in [0.2, 0.25) is 0 Å². The van der Waals surface area contributed by atoms with Gasteiger partial charge in [-0.05, 0) is 25.1 Å². The van der Waals surface area contributed by atoms with Gasteiger partial charge in [0.1, 0.15) is 0 Å². The third kappa shape index (κ3) is 4.04. The topological polar surface area (TPSA) is 52.6 Å². The number of piperazine rings is 1. The van der Waals surface area contributed by atoms with Gasteiger partial charge in [-0.2, -0.15) is 0 Å². The Morgan fingerprint density at radius 2 is 1.81 bits per heavy atom. The zero-order valence-corrected chi connectivity index (χ0v) is 12.8. The molecule has 0 radical (unpaired) electrons. The molecule has 0 spiro atoms. The van der Waals surface area contributed by atoms with Crippen molar-refractivity contribution < 1.29 is 9.59 Å². The van der Waals surface area contributed by atoms with Crippen LogP contribution < -0.4 is 5.32 Å². The minimum atomic E-state index is -0.186. The van der Waals surface area contributed by atoms with Gasteiger partial charge in [-0.15, -0.1) is 0 Å². The van der Waals surface area contributed by atoms with E-state index in [1.807, 2.05) is 30.0 Å². The van der Waals surface area contributed by atoms with Crippen molar-refractivity contribution in [1.82, 2.24) is 15.1 Å². The Morgan fingerprint density at radius 3 is 2.43 bits per heavy atom. The van der Waals surface area contributed by atoms with Crippen molar-refractivity contribution in [1.29, 1.82) is 0 Å². The van der Waals surface area contributed by atoms with Crippen molar-refractivity contribution in [2.24, 2.45) is 0 Å². The third-order valence-electron chi connectivity index (χ3n) is 3.96. The van der Waals surface area contributed by atoms with E-state index in [4.69, 9.17) is 0 Å². The fraction of sp³-hybridized carbons (Fsp3) is 0.500. The molecular weight excluding hydrogens is 266 g/mol. The summed E-state index contributed by atoms with van der Waals surface area (Å²) in [6.07, 6.45) is 0. The second-order valence-corrected chi connectivity index (χ2v) is 5.31. The Balaban J connectivity index is 1.82. The first-order chi connectivity index (χ1) is 10.1. The Bertz CT molecular complexity index is 508. The van der Waals surface area contributed by atoms with Crippen LogP contribution in [0.5, 0.6) is 0 Å². The quantitative estimate of drug-likeness (QED) is 0.895. The van der Waals surface area contributed by atoms with Crippen molar-refractivity contribution in [3.63, 3.8) is 0 Å². The number of likely N-dealkylation sites (N-methyl/N-ethyl adjacent to an activating group) is 1. The summed E-state index contributed by atoms with van der Waals surface area (Å²) >= 11 is 0. The maximum absolute atomic E-state index is 12.1. The summed E-state index contributed by atoms with van der Waals surface area (Å²) in [7, 11) is 0. The molecule has 21 heavy (non-hydrogen) atoms. The lowest BCUT2D eigenvalue weighted by molar-refractivity contribution is -0.131. The molecule has 1 aliphatic rings. The molecule has 2 amide bonds. The van der Waals surface area contributed by atoms with Crippen LogP contribution in [0.25, 0.3) is 0 Å². The number of hydrogen-bond acceptors (Lipinski definition) is 3. The zero-order chi connectivity index (χ0) is 15.2. The van der Waals surface area contributed by atoms with Crippen LogP contribution in [0.15, 0.2) is 24.3 Å². The van der Waals surface area contributed by atoms with Gasteiger partial charge in [0.05, 0.1) is 6.54 Å². The standard InChI is InChI=1S/C16H23N3O2/c1-3-18-8-10-19(11-9-18)15(20)12-17-16(21)14-7-5-4-6-13(14)2/h4-7H,3,8-12H2,1-2H3,(H,17,21). The summed E-state index contributed by atoms with van der Waals surface area (Å²) in [5.41, 5.74) is 1.54. The van der Waals surface area contributed by atoms with Crippen LogP contribution >= 0.6 is 0 Å². The van der Waals surface area contributed by atoms with Crippen molar-refractivity contribution in [3.8, 4) is 0 Å².